The summed E-state index contributed by atoms with van der Waals surface area (Å²) in [6, 6.07) is 10.9. The second kappa shape index (κ2) is 7.13. The Balaban J connectivity index is 1.41. The molecule has 1 saturated carbocycles. The third-order valence-corrected chi connectivity index (χ3v) is 7.14. The Hall–Kier alpha value is -1.70. The predicted molar refractivity (Wildman–Crippen MR) is 101 cm³/mol. The minimum absolute atomic E-state index is 0.160. The molecule has 1 aromatic carbocycles. The zero-order valence-electron chi connectivity index (χ0n) is 15.1. The first kappa shape index (κ1) is 17.7. The Morgan fingerprint density at radius 1 is 1.27 bits per heavy atom. The van der Waals surface area contributed by atoms with E-state index in [1.54, 1.807) is 0 Å². The molecule has 0 radical (unpaired) electrons. The van der Waals surface area contributed by atoms with Gasteiger partial charge in [0.15, 0.2) is 0 Å². The summed E-state index contributed by atoms with van der Waals surface area (Å²) in [6.45, 7) is 5.24. The maximum absolute atomic E-state index is 12.0. The highest BCUT2D eigenvalue weighted by Crippen LogP contribution is 2.28. The van der Waals surface area contributed by atoms with Crippen LogP contribution in [0.1, 0.15) is 42.1 Å². The predicted octanol–water partition coefficient (Wildman–Crippen LogP) is 2.22. The van der Waals surface area contributed by atoms with E-state index in [4.69, 9.17) is 0 Å². The molecule has 2 aromatic rings. The van der Waals surface area contributed by atoms with Crippen molar-refractivity contribution in [2.24, 2.45) is 0 Å². The van der Waals surface area contributed by atoms with Crippen LogP contribution in [0.4, 0.5) is 0 Å². The first-order valence-electron chi connectivity index (χ1n) is 9.30. The maximum Gasteiger partial charge on any atom is 0.214 e. The van der Waals surface area contributed by atoms with E-state index in [1.807, 2.05) is 6.20 Å². The number of sulfonamides is 1. The van der Waals surface area contributed by atoms with E-state index in [9.17, 15) is 8.42 Å². The number of aryl methyl sites for hydroxylation is 1. The second-order valence-corrected chi connectivity index (χ2v) is 9.55. The van der Waals surface area contributed by atoms with E-state index in [1.165, 1.54) is 16.8 Å². The number of fused-ring (bicyclic) bond motifs is 1. The van der Waals surface area contributed by atoms with Gasteiger partial charge in [0.1, 0.15) is 0 Å². The van der Waals surface area contributed by atoms with E-state index in [2.05, 4.69) is 56.7 Å². The summed E-state index contributed by atoms with van der Waals surface area (Å²) in [5, 5.41) is 4.31. The summed E-state index contributed by atoms with van der Waals surface area (Å²) in [5.41, 5.74) is 3.78. The first-order chi connectivity index (χ1) is 12.5. The van der Waals surface area contributed by atoms with Crippen LogP contribution in [0, 0.1) is 6.92 Å². The monoisotopic (exact) mass is 374 g/mol. The van der Waals surface area contributed by atoms with Gasteiger partial charge in [0.2, 0.25) is 10.0 Å². The van der Waals surface area contributed by atoms with E-state index < -0.39 is 10.0 Å². The Labute approximate surface area is 155 Å². The van der Waals surface area contributed by atoms with Crippen molar-refractivity contribution in [2.75, 3.05) is 13.1 Å². The molecule has 0 bridgehead atoms. The zero-order valence-corrected chi connectivity index (χ0v) is 16.0. The van der Waals surface area contributed by atoms with Crippen LogP contribution >= 0.6 is 0 Å². The number of nitrogens with zero attached hydrogens (tertiary/aromatic N) is 3. The van der Waals surface area contributed by atoms with Crippen LogP contribution in [0.25, 0.3) is 0 Å². The number of rotatable bonds is 7. The molecule has 0 spiro atoms. The van der Waals surface area contributed by atoms with E-state index >= 15 is 0 Å². The molecule has 7 heteroatoms. The molecule has 1 fully saturated rings. The second-order valence-electron chi connectivity index (χ2n) is 7.51. The summed E-state index contributed by atoms with van der Waals surface area (Å²) >= 11 is 0. The Morgan fingerprint density at radius 2 is 2.12 bits per heavy atom. The smallest absolute Gasteiger partial charge is 0.214 e. The highest BCUT2D eigenvalue weighted by Gasteiger charge is 2.35. The van der Waals surface area contributed by atoms with Gasteiger partial charge in [-0.2, -0.15) is 5.10 Å². The molecule has 1 aliphatic carbocycles. The van der Waals surface area contributed by atoms with Crippen molar-refractivity contribution < 1.29 is 8.42 Å². The van der Waals surface area contributed by atoms with Crippen molar-refractivity contribution in [1.29, 1.82) is 0 Å². The van der Waals surface area contributed by atoms with E-state index in [0.29, 0.717) is 6.54 Å². The highest BCUT2D eigenvalue weighted by molar-refractivity contribution is 7.90. The van der Waals surface area contributed by atoms with Crippen LogP contribution in [0.5, 0.6) is 0 Å². The van der Waals surface area contributed by atoms with Crippen molar-refractivity contribution >= 4 is 10.0 Å². The molecule has 26 heavy (non-hydrogen) atoms. The molecule has 4 rings (SSSR count). The lowest BCUT2D eigenvalue weighted by Gasteiger charge is -2.34. The third-order valence-electron chi connectivity index (χ3n) is 5.19. The third kappa shape index (κ3) is 4.00. The number of benzene rings is 1. The molecule has 2 aliphatic rings. The molecular formula is C19H26N4O2S. The lowest BCUT2D eigenvalue weighted by atomic mass is 10.1. The number of nitrogens with one attached hydrogen (secondary N) is 1. The number of hydrogen-bond donors (Lipinski definition) is 1. The van der Waals surface area contributed by atoms with Gasteiger partial charge in [0.05, 0.1) is 17.0 Å². The van der Waals surface area contributed by atoms with Gasteiger partial charge in [0.25, 0.3) is 0 Å². The van der Waals surface area contributed by atoms with E-state index in [-0.39, 0.29) is 11.3 Å². The molecule has 140 valence electrons. The molecule has 2 heterocycles. The minimum Gasteiger partial charge on any atom is -0.291 e. The Kier molecular flexibility index (Phi) is 4.86. The highest BCUT2D eigenvalue weighted by atomic mass is 32.2. The van der Waals surface area contributed by atoms with Gasteiger partial charge in [-0.25, -0.2) is 13.1 Å². The standard InChI is InChI=1S/C19H26N4O2S/c1-15-3-2-4-16(11-15)12-22-13-17-7-9-20-23(17)18(14-22)8-10-21-26(24,25)19-5-6-19/h2-4,7,9,11,18-19,21H,5-6,8,10,12-14H2,1H3. The van der Waals surface area contributed by atoms with Crippen LogP contribution in [0.15, 0.2) is 36.5 Å². The summed E-state index contributed by atoms with van der Waals surface area (Å²) in [5.74, 6) is 0. The molecule has 1 unspecified atom stereocenters. The van der Waals surface area contributed by atoms with Gasteiger partial charge in [-0.3, -0.25) is 9.58 Å². The van der Waals surface area contributed by atoms with Crippen molar-refractivity contribution in [3.05, 3.63) is 53.3 Å². The van der Waals surface area contributed by atoms with Crippen LogP contribution in [0.3, 0.4) is 0 Å². The van der Waals surface area contributed by atoms with Gasteiger partial charge in [-0.15, -0.1) is 0 Å². The average molecular weight is 375 g/mol. The molecule has 1 atom stereocenters. The molecule has 1 N–H and O–H groups in total. The fourth-order valence-electron chi connectivity index (χ4n) is 3.73. The van der Waals surface area contributed by atoms with Gasteiger partial charge < -0.3 is 0 Å². The summed E-state index contributed by atoms with van der Waals surface area (Å²) < 4.78 is 28.9. The van der Waals surface area contributed by atoms with Gasteiger partial charge in [-0.05, 0) is 37.8 Å². The minimum atomic E-state index is -3.11. The van der Waals surface area contributed by atoms with Gasteiger partial charge in [0, 0.05) is 32.4 Å². The SMILES string of the molecule is Cc1cccc(CN2Cc3ccnn3C(CCNS(=O)(=O)C3CC3)C2)c1. The van der Waals surface area contributed by atoms with Crippen LogP contribution in [-0.2, 0) is 23.1 Å². The van der Waals surface area contributed by atoms with Crippen LogP contribution in [-0.4, -0.2) is 41.4 Å². The summed E-state index contributed by atoms with van der Waals surface area (Å²) in [6.07, 6.45) is 4.19. The van der Waals surface area contributed by atoms with Crippen molar-refractivity contribution in [3.8, 4) is 0 Å². The maximum atomic E-state index is 12.0. The molecule has 0 amide bonds. The Bertz CT molecular complexity index is 873. The topological polar surface area (TPSA) is 67.2 Å². The van der Waals surface area contributed by atoms with Gasteiger partial charge in [-0.1, -0.05) is 29.8 Å². The first-order valence-corrected chi connectivity index (χ1v) is 10.8. The molecule has 1 aromatic heterocycles. The normalized spacial score (nSPS) is 20.9. The van der Waals surface area contributed by atoms with E-state index in [0.717, 1.165) is 38.9 Å². The summed E-state index contributed by atoms with van der Waals surface area (Å²) in [7, 11) is -3.11. The summed E-state index contributed by atoms with van der Waals surface area (Å²) in [4.78, 5) is 2.42. The fraction of sp³-hybridized carbons (Fsp3) is 0.526. The number of hydrogen-bond acceptors (Lipinski definition) is 4. The van der Waals surface area contributed by atoms with Crippen molar-refractivity contribution in [1.82, 2.24) is 19.4 Å². The van der Waals surface area contributed by atoms with Crippen LogP contribution in [0.2, 0.25) is 0 Å². The molecule has 1 aliphatic heterocycles. The van der Waals surface area contributed by atoms with Crippen molar-refractivity contribution in [2.45, 2.75) is 50.6 Å². The molecule has 0 saturated heterocycles. The van der Waals surface area contributed by atoms with Gasteiger partial charge >= 0.3 is 0 Å². The molecular weight excluding hydrogens is 348 g/mol. The fourth-order valence-corrected chi connectivity index (χ4v) is 5.13. The molecule has 6 nitrogen and oxygen atoms in total. The zero-order chi connectivity index (χ0) is 18.1. The number of aromatic nitrogens is 2. The lowest BCUT2D eigenvalue weighted by molar-refractivity contribution is 0.162. The average Bonchev–Trinajstić information content (AvgIpc) is 3.35. The van der Waals surface area contributed by atoms with Crippen LogP contribution < -0.4 is 4.72 Å². The van der Waals surface area contributed by atoms with Crippen molar-refractivity contribution in [3.63, 3.8) is 0 Å². The Morgan fingerprint density at radius 3 is 2.88 bits per heavy atom. The largest absolute Gasteiger partial charge is 0.291 e. The lowest BCUT2D eigenvalue weighted by Crippen LogP contribution is -2.39. The quantitative estimate of drug-likeness (QED) is 0.807.